The minimum absolute atomic E-state index is 0.190. The number of rotatable bonds is 44. The summed E-state index contributed by atoms with van der Waals surface area (Å²) in [7, 11) is -4.61. The van der Waals surface area contributed by atoms with Crippen LogP contribution in [-0.4, -0.2) is 65.7 Å². The van der Waals surface area contributed by atoms with E-state index >= 15 is 0 Å². The van der Waals surface area contributed by atoms with Gasteiger partial charge in [0, 0.05) is 12.8 Å². The molecule has 0 saturated carbocycles. The fourth-order valence-electron chi connectivity index (χ4n) is 6.56. The van der Waals surface area contributed by atoms with Crippen LogP contribution in [0.4, 0.5) is 0 Å². The van der Waals surface area contributed by atoms with Crippen LogP contribution >= 0.6 is 7.82 Å². The number of unbranched alkanes of at least 4 members (excludes halogenated alkanes) is 28. The normalized spacial score (nSPS) is 13.9. The van der Waals surface area contributed by atoms with Crippen molar-refractivity contribution in [2.24, 2.45) is 0 Å². The van der Waals surface area contributed by atoms with Gasteiger partial charge < -0.3 is 24.6 Å². The Labute approximate surface area is 343 Å². The smallest absolute Gasteiger partial charge is 0.462 e. The molecule has 0 spiro atoms. The summed E-state index contributed by atoms with van der Waals surface area (Å²) in [4.78, 5) is 35.0. The number of phosphoric acid groups is 1. The van der Waals surface area contributed by atoms with Crippen LogP contribution in [0, 0.1) is 0 Å². The van der Waals surface area contributed by atoms with Crippen LogP contribution in [0.3, 0.4) is 0 Å². The molecule has 0 aliphatic heterocycles. The molecule has 0 aliphatic carbocycles. The summed E-state index contributed by atoms with van der Waals surface area (Å²) in [6.07, 6.45) is 40.3. The van der Waals surface area contributed by atoms with Crippen molar-refractivity contribution >= 4 is 19.8 Å². The van der Waals surface area contributed by atoms with Crippen molar-refractivity contribution in [3.63, 3.8) is 0 Å². The molecule has 0 heterocycles. The van der Waals surface area contributed by atoms with E-state index in [1.54, 1.807) is 0 Å². The van der Waals surface area contributed by atoms with Gasteiger partial charge in [0.25, 0.3) is 0 Å². The van der Waals surface area contributed by atoms with Gasteiger partial charge in [0.05, 0.1) is 19.8 Å². The lowest BCUT2D eigenvalue weighted by Gasteiger charge is -2.20. The molecule has 0 aromatic heterocycles. The van der Waals surface area contributed by atoms with Crippen molar-refractivity contribution in [1.29, 1.82) is 0 Å². The lowest BCUT2D eigenvalue weighted by atomic mass is 10.0. The van der Waals surface area contributed by atoms with Crippen LogP contribution in [0.1, 0.15) is 226 Å². The molecule has 1 unspecified atom stereocenters. The Hall–Kier alpha value is -1.29. The van der Waals surface area contributed by atoms with Gasteiger partial charge in [0.15, 0.2) is 6.10 Å². The Morgan fingerprint density at radius 3 is 1.34 bits per heavy atom. The van der Waals surface area contributed by atoms with Gasteiger partial charge in [-0.15, -0.1) is 0 Å². The minimum Gasteiger partial charge on any atom is -0.462 e. The van der Waals surface area contributed by atoms with E-state index in [4.69, 9.17) is 23.6 Å². The van der Waals surface area contributed by atoms with Crippen molar-refractivity contribution in [3.8, 4) is 0 Å². The van der Waals surface area contributed by atoms with Crippen LogP contribution in [0.25, 0.3) is 0 Å². The van der Waals surface area contributed by atoms with Gasteiger partial charge >= 0.3 is 19.8 Å². The molecule has 56 heavy (non-hydrogen) atoms. The molecule has 0 radical (unpaired) electrons. The molecule has 0 aliphatic rings. The van der Waals surface area contributed by atoms with E-state index in [2.05, 4.69) is 26.0 Å². The zero-order chi connectivity index (χ0) is 41.2. The second kappa shape index (κ2) is 41.9. The average molecular weight is 819 g/mol. The van der Waals surface area contributed by atoms with Crippen molar-refractivity contribution in [2.75, 3.05) is 26.4 Å². The largest absolute Gasteiger partial charge is 0.472 e. The molecule has 0 fully saturated rings. The van der Waals surface area contributed by atoms with Gasteiger partial charge in [-0.2, -0.15) is 0 Å². The summed E-state index contributed by atoms with van der Waals surface area (Å²) in [6, 6.07) is 0. The molecular formula is C45H87O10P. The third-order valence-corrected chi connectivity index (χ3v) is 11.1. The topological polar surface area (TPSA) is 149 Å². The zero-order valence-corrected chi connectivity index (χ0v) is 37.0. The Kier molecular flexibility index (Phi) is 40.9. The van der Waals surface area contributed by atoms with E-state index in [-0.39, 0.29) is 19.4 Å². The summed E-state index contributed by atoms with van der Waals surface area (Å²) in [5, 5.41) is 18.3. The molecule has 3 N–H and O–H groups in total. The van der Waals surface area contributed by atoms with Gasteiger partial charge in [-0.1, -0.05) is 193 Å². The van der Waals surface area contributed by atoms with Crippen LogP contribution in [0.5, 0.6) is 0 Å². The molecule has 0 aromatic rings. The Morgan fingerprint density at radius 2 is 0.893 bits per heavy atom. The lowest BCUT2D eigenvalue weighted by molar-refractivity contribution is -0.161. The fraction of sp³-hybridized carbons (Fsp3) is 0.911. The summed E-state index contributed by atoms with van der Waals surface area (Å²) in [5.74, 6) is -0.914. The standard InChI is InChI=1S/C45H87O10P/c1-3-5-7-9-11-13-15-17-19-20-21-23-25-27-29-31-33-35-37-45(49)55-43(41-54-56(50,51)53-39-42(47)38-46)40-52-44(48)36-34-32-30-28-26-24-22-18-16-14-12-10-8-6-4-2/h10,12,42-43,46-47H,3-9,11,13-41H2,1-2H3,(H,50,51)/b12-10+/t42-,43+/m0/s1. The fourth-order valence-corrected chi connectivity index (χ4v) is 7.35. The monoisotopic (exact) mass is 819 g/mol. The van der Waals surface area contributed by atoms with Gasteiger partial charge in [-0.3, -0.25) is 18.6 Å². The van der Waals surface area contributed by atoms with E-state index in [0.717, 1.165) is 38.5 Å². The highest BCUT2D eigenvalue weighted by Gasteiger charge is 2.27. The molecule has 3 atom stereocenters. The molecular weight excluding hydrogens is 731 g/mol. The molecule has 0 saturated heterocycles. The summed E-state index contributed by atoms with van der Waals surface area (Å²) in [5.41, 5.74) is 0. The van der Waals surface area contributed by atoms with E-state index in [0.29, 0.717) is 12.8 Å². The van der Waals surface area contributed by atoms with E-state index in [9.17, 15) is 24.2 Å². The number of phosphoric ester groups is 1. The number of hydrogen-bond donors (Lipinski definition) is 3. The minimum atomic E-state index is -4.61. The quantitative estimate of drug-likeness (QED) is 0.0235. The SMILES string of the molecule is CCCC/C=C/CCCCCCCCCCCC(=O)OC[C@H](COP(=O)(O)OC[C@@H](O)CO)OC(=O)CCCCCCCCCCCCCCCCCCCC. The van der Waals surface area contributed by atoms with Crippen molar-refractivity contribution in [3.05, 3.63) is 12.2 Å². The summed E-state index contributed by atoms with van der Waals surface area (Å²) < 4.78 is 32.8. The van der Waals surface area contributed by atoms with Gasteiger partial charge in [0.2, 0.25) is 0 Å². The Bertz CT molecular complexity index is 946. The number of ether oxygens (including phenoxy) is 2. The maximum absolute atomic E-state index is 12.6. The second-order valence-corrected chi connectivity index (χ2v) is 17.2. The first-order valence-electron chi connectivity index (χ1n) is 23.1. The van der Waals surface area contributed by atoms with Crippen molar-refractivity contribution < 1.29 is 47.8 Å². The maximum Gasteiger partial charge on any atom is 0.472 e. The third-order valence-electron chi connectivity index (χ3n) is 10.2. The average Bonchev–Trinajstić information content (AvgIpc) is 3.19. The molecule has 332 valence electrons. The van der Waals surface area contributed by atoms with Crippen LogP contribution in [-0.2, 0) is 32.7 Å². The highest BCUT2D eigenvalue weighted by Crippen LogP contribution is 2.43. The first kappa shape index (κ1) is 54.7. The molecule has 11 heteroatoms. The lowest BCUT2D eigenvalue weighted by Crippen LogP contribution is -2.29. The van der Waals surface area contributed by atoms with E-state index in [1.165, 1.54) is 148 Å². The number of carbonyl (C=O) groups is 2. The molecule has 0 rings (SSSR count). The van der Waals surface area contributed by atoms with E-state index in [1.807, 2.05) is 0 Å². The highest BCUT2D eigenvalue weighted by molar-refractivity contribution is 7.47. The number of allylic oxidation sites excluding steroid dienone is 2. The Balaban J connectivity index is 4.21. The third kappa shape index (κ3) is 40.9. The van der Waals surface area contributed by atoms with Gasteiger partial charge in [-0.05, 0) is 32.1 Å². The Morgan fingerprint density at radius 1 is 0.518 bits per heavy atom. The molecule has 0 amide bonds. The highest BCUT2D eigenvalue weighted by atomic mass is 31.2. The number of aliphatic hydroxyl groups excluding tert-OH is 2. The predicted molar refractivity (Wildman–Crippen MR) is 229 cm³/mol. The van der Waals surface area contributed by atoms with Gasteiger partial charge in [0.1, 0.15) is 12.7 Å². The van der Waals surface area contributed by atoms with Crippen molar-refractivity contribution in [2.45, 2.75) is 238 Å². The summed E-state index contributed by atoms with van der Waals surface area (Å²) in [6.45, 7) is 2.39. The number of hydrogen-bond acceptors (Lipinski definition) is 9. The van der Waals surface area contributed by atoms with Crippen molar-refractivity contribution in [1.82, 2.24) is 0 Å². The zero-order valence-electron chi connectivity index (χ0n) is 36.1. The molecule has 10 nitrogen and oxygen atoms in total. The maximum atomic E-state index is 12.6. The number of carbonyl (C=O) groups excluding carboxylic acids is 2. The molecule has 0 aromatic carbocycles. The van der Waals surface area contributed by atoms with Crippen LogP contribution in [0.2, 0.25) is 0 Å². The van der Waals surface area contributed by atoms with Crippen LogP contribution in [0.15, 0.2) is 12.2 Å². The van der Waals surface area contributed by atoms with E-state index < -0.39 is 51.8 Å². The first-order chi connectivity index (χ1) is 27.2. The van der Waals surface area contributed by atoms with Gasteiger partial charge in [-0.25, -0.2) is 4.57 Å². The summed E-state index contributed by atoms with van der Waals surface area (Å²) >= 11 is 0. The number of esters is 2. The first-order valence-corrected chi connectivity index (χ1v) is 24.6. The predicted octanol–water partition coefficient (Wildman–Crippen LogP) is 12.4. The van der Waals surface area contributed by atoms with Crippen LogP contribution < -0.4 is 0 Å². The number of aliphatic hydroxyl groups is 2. The molecule has 0 bridgehead atoms. The second-order valence-electron chi connectivity index (χ2n) is 15.8.